The smallest absolute Gasteiger partial charge is 0.143 e. The Morgan fingerprint density at radius 3 is 1.91 bits per heavy atom. The molecule has 0 unspecified atom stereocenters. The molecule has 1 aliphatic heterocycles. The van der Waals surface area contributed by atoms with Crippen LogP contribution < -0.4 is 4.90 Å². The number of furan rings is 1. The largest absolute Gasteiger partial charge is 0.455 e. The van der Waals surface area contributed by atoms with Crippen molar-refractivity contribution in [3.63, 3.8) is 0 Å². The van der Waals surface area contributed by atoms with Crippen molar-refractivity contribution in [3.05, 3.63) is 237 Å². The average molecular weight is 862 g/mol. The summed E-state index contributed by atoms with van der Waals surface area (Å²) >= 11 is 0. The van der Waals surface area contributed by atoms with Crippen LogP contribution in [0.2, 0.25) is 0 Å². The van der Waals surface area contributed by atoms with Crippen LogP contribution in [0.25, 0.3) is 82.2 Å². The number of hydrogen-bond donors (Lipinski definition) is 0. The standard InChI is InChI=1S/C61H39N3OS/c1-3-16-45(17-4-1)66(46-18-5-2-6-19-46)58-26-14-12-24-55(58)64(60-36-31-41-15-7-10-22-52(41)62-60)56-35-30-43(38-59(56)66)42-29-34-54-51(37-42)47-20-8-11-23-53(47)63(54)44-32-27-40-28-33-49-48-21-9-13-25-57(48)65-61(49)50(40)39-44/h1-39H. The second-order valence-electron chi connectivity index (χ2n) is 17.1. The quantitative estimate of drug-likeness (QED) is 0.173. The molecule has 0 fully saturated rings. The molecular formula is C61H39N3OS. The topological polar surface area (TPSA) is 34.2 Å². The van der Waals surface area contributed by atoms with Gasteiger partial charge in [0.1, 0.15) is 17.0 Å². The predicted molar refractivity (Wildman–Crippen MR) is 275 cm³/mol. The number of fused-ring (bicyclic) bond motifs is 11. The molecule has 0 bridgehead atoms. The summed E-state index contributed by atoms with van der Waals surface area (Å²) in [5.41, 5.74) is 10.8. The molecule has 10 aromatic carbocycles. The van der Waals surface area contributed by atoms with Gasteiger partial charge in [-0.1, -0.05) is 127 Å². The van der Waals surface area contributed by atoms with Crippen LogP contribution in [0.3, 0.4) is 0 Å². The van der Waals surface area contributed by atoms with E-state index in [0.717, 1.165) is 77.5 Å². The molecule has 0 saturated carbocycles. The molecule has 0 atom stereocenters. The number of hydrogen-bond acceptors (Lipinski definition) is 3. The fourth-order valence-corrected chi connectivity index (χ4v) is 14.8. The van der Waals surface area contributed by atoms with Crippen molar-refractivity contribution >= 4 is 92.6 Å². The molecule has 0 amide bonds. The molecule has 0 N–H and O–H groups in total. The van der Waals surface area contributed by atoms with Gasteiger partial charge in [-0.05, 0) is 126 Å². The van der Waals surface area contributed by atoms with E-state index in [2.05, 4.69) is 240 Å². The molecule has 0 spiro atoms. The molecule has 13 aromatic rings. The SMILES string of the molecule is c1ccc(S2(c3ccccc3)c3ccccc3N(c3ccc4ccccc4n3)c3ccc(-c4ccc5c(c4)c4ccccc4n5-c4ccc5ccc6c7ccccc7oc6c5c4)cc32)cc1. The van der Waals surface area contributed by atoms with E-state index in [9.17, 15) is 0 Å². The highest BCUT2D eigenvalue weighted by Gasteiger charge is 2.43. The van der Waals surface area contributed by atoms with Gasteiger partial charge in [-0.15, -0.1) is 10.0 Å². The van der Waals surface area contributed by atoms with Gasteiger partial charge < -0.3 is 8.98 Å². The van der Waals surface area contributed by atoms with E-state index in [4.69, 9.17) is 9.40 Å². The Morgan fingerprint density at radius 1 is 0.394 bits per heavy atom. The number of pyridine rings is 1. The molecule has 0 radical (unpaired) electrons. The zero-order chi connectivity index (χ0) is 43.3. The lowest BCUT2D eigenvalue weighted by atomic mass is 10.0. The van der Waals surface area contributed by atoms with E-state index in [-0.39, 0.29) is 0 Å². The maximum Gasteiger partial charge on any atom is 0.143 e. The lowest BCUT2D eigenvalue weighted by Gasteiger charge is -2.49. The maximum absolute atomic E-state index is 6.54. The van der Waals surface area contributed by atoms with Crippen molar-refractivity contribution in [2.45, 2.75) is 19.6 Å². The van der Waals surface area contributed by atoms with Crippen molar-refractivity contribution in [3.8, 4) is 16.8 Å². The van der Waals surface area contributed by atoms with Crippen LogP contribution in [-0.4, -0.2) is 9.55 Å². The van der Waals surface area contributed by atoms with E-state index in [1.807, 2.05) is 6.07 Å². The van der Waals surface area contributed by atoms with Crippen LogP contribution in [0.4, 0.5) is 17.2 Å². The van der Waals surface area contributed by atoms with Gasteiger partial charge in [0.2, 0.25) is 0 Å². The minimum atomic E-state index is -2.02. The summed E-state index contributed by atoms with van der Waals surface area (Å²) in [4.78, 5) is 12.9. The van der Waals surface area contributed by atoms with Gasteiger partial charge in [0.05, 0.1) is 27.9 Å². The molecule has 310 valence electrons. The highest BCUT2D eigenvalue weighted by molar-refractivity contribution is 8.34. The van der Waals surface area contributed by atoms with Crippen molar-refractivity contribution < 1.29 is 4.42 Å². The third-order valence-corrected chi connectivity index (χ3v) is 17.5. The normalized spacial score (nSPS) is 13.7. The van der Waals surface area contributed by atoms with Gasteiger partial charge in [0.15, 0.2) is 0 Å². The van der Waals surface area contributed by atoms with E-state index < -0.39 is 10.0 Å². The Labute approximate surface area is 382 Å². The molecule has 66 heavy (non-hydrogen) atoms. The molecule has 1 aliphatic rings. The first-order valence-electron chi connectivity index (χ1n) is 22.4. The fourth-order valence-electron chi connectivity index (χ4n) is 10.7. The van der Waals surface area contributed by atoms with Crippen LogP contribution in [0.5, 0.6) is 0 Å². The minimum absolute atomic E-state index is 0.897. The van der Waals surface area contributed by atoms with Crippen LogP contribution in [-0.2, 0) is 0 Å². The lowest BCUT2D eigenvalue weighted by Crippen LogP contribution is -2.22. The first-order valence-corrected chi connectivity index (χ1v) is 24.1. The summed E-state index contributed by atoms with van der Waals surface area (Å²) in [6.07, 6.45) is 0. The zero-order valence-electron chi connectivity index (χ0n) is 35.7. The van der Waals surface area contributed by atoms with Crippen LogP contribution in [0, 0.1) is 0 Å². The Kier molecular flexibility index (Phi) is 8.03. The monoisotopic (exact) mass is 861 g/mol. The molecule has 4 heterocycles. The third-order valence-electron chi connectivity index (χ3n) is 13.6. The summed E-state index contributed by atoms with van der Waals surface area (Å²) in [6.45, 7) is 0. The van der Waals surface area contributed by atoms with Crippen molar-refractivity contribution in [1.82, 2.24) is 9.55 Å². The van der Waals surface area contributed by atoms with Crippen LogP contribution in [0.1, 0.15) is 0 Å². The van der Waals surface area contributed by atoms with Gasteiger partial charge in [-0.2, -0.15) is 0 Å². The number of anilines is 3. The summed E-state index contributed by atoms with van der Waals surface area (Å²) in [5.74, 6) is 0.897. The molecule has 14 rings (SSSR count). The van der Waals surface area contributed by atoms with E-state index in [1.165, 1.54) is 41.5 Å². The van der Waals surface area contributed by atoms with Crippen LogP contribution in [0.15, 0.2) is 261 Å². The van der Waals surface area contributed by atoms with Crippen molar-refractivity contribution in [2.24, 2.45) is 0 Å². The summed E-state index contributed by atoms with van der Waals surface area (Å²) in [6, 6.07) is 86.5. The fraction of sp³-hybridized carbons (Fsp3) is 0. The molecule has 5 heteroatoms. The predicted octanol–water partition coefficient (Wildman–Crippen LogP) is 17.2. The summed E-state index contributed by atoms with van der Waals surface area (Å²) < 4.78 is 8.95. The Morgan fingerprint density at radius 2 is 1.05 bits per heavy atom. The molecule has 0 aliphatic carbocycles. The number of benzene rings is 10. The Hall–Kier alpha value is -8.38. The van der Waals surface area contributed by atoms with E-state index in [1.54, 1.807) is 0 Å². The third kappa shape index (κ3) is 5.32. The van der Waals surface area contributed by atoms with Gasteiger partial charge in [0, 0.05) is 57.6 Å². The Balaban J connectivity index is 1.000. The molecule has 0 saturated heterocycles. The molecular weight excluding hydrogens is 823 g/mol. The summed E-state index contributed by atoms with van der Waals surface area (Å²) in [7, 11) is -2.02. The van der Waals surface area contributed by atoms with Gasteiger partial charge in [0.25, 0.3) is 0 Å². The number of rotatable bonds is 5. The van der Waals surface area contributed by atoms with Crippen molar-refractivity contribution in [2.75, 3.05) is 4.90 Å². The highest BCUT2D eigenvalue weighted by atomic mass is 32.3. The number of nitrogens with zero attached hydrogens (tertiary/aromatic N) is 3. The first kappa shape index (κ1) is 37.0. The van der Waals surface area contributed by atoms with E-state index in [0.29, 0.717) is 0 Å². The zero-order valence-corrected chi connectivity index (χ0v) is 36.5. The van der Waals surface area contributed by atoms with Gasteiger partial charge in [-0.25, -0.2) is 4.98 Å². The van der Waals surface area contributed by atoms with Gasteiger partial charge in [-0.3, -0.25) is 4.90 Å². The summed E-state index contributed by atoms with van der Waals surface area (Å²) in [5, 5.41) is 8.08. The molecule has 4 nitrogen and oxygen atoms in total. The first-order chi connectivity index (χ1) is 32.7. The second-order valence-corrected chi connectivity index (χ2v) is 20.2. The average Bonchev–Trinajstić information content (AvgIpc) is 3.94. The second kappa shape index (κ2) is 14.3. The minimum Gasteiger partial charge on any atom is -0.455 e. The highest BCUT2D eigenvalue weighted by Crippen LogP contribution is 2.79. The number of aromatic nitrogens is 2. The van der Waals surface area contributed by atoms with Gasteiger partial charge >= 0.3 is 0 Å². The molecule has 3 aromatic heterocycles. The Bertz CT molecular complexity index is 4040. The maximum atomic E-state index is 6.54. The van der Waals surface area contributed by atoms with Crippen molar-refractivity contribution in [1.29, 1.82) is 0 Å². The number of para-hydroxylation sites is 4. The lowest BCUT2D eigenvalue weighted by molar-refractivity contribution is 0.672. The van der Waals surface area contributed by atoms with E-state index >= 15 is 0 Å². The van der Waals surface area contributed by atoms with Crippen LogP contribution >= 0.6 is 10.0 Å².